The van der Waals surface area contributed by atoms with E-state index in [9.17, 15) is 14.0 Å². The summed E-state index contributed by atoms with van der Waals surface area (Å²) in [5.41, 5.74) is 0.839. The molecule has 0 saturated carbocycles. The van der Waals surface area contributed by atoms with Gasteiger partial charge in [-0.05, 0) is 29.8 Å². The lowest BCUT2D eigenvalue weighted by Gasteiger charge is -2.12. The number of rotatable bonds is 7. The summed E-state index contributed by atoms with van der Waals surface area (Å²) in [6.07, 6.45) is 0. The lowest BCUT2D eigenvalue weighted by molar-refractivity contribution is -0.124. The summed E-state index contributed by atoms with van der Waals surface area (Å²) < 4.78 is 28.1. The molecule has 6 nitrogen and oxygen atoms in total. The summed E-state index contributed by atoms with van der Waals surface area (Å²) in [6, 6.07) is 10.6. The molecule has 7 heteroatoms. The molecule has 0 bridgehead atoms. The normalized spacial score (nSPS) is 10.0. The van der Waals surface area contributed by atoms with E-state index in [1.807, 2.05) is 0 Å². The third kappa shape index (κ3) is 4.94. The van der Waals surface area contributed by atoms with Crippen LogP contribution in [0.2, 0.25) is 0 Å². The maximum atomic E-state index is 12.8. The van der Waals surface area contributed by atoms with Gasteiger partial charge in [-0.3, -0.25) is 4.79 Å². The Bertz CT molecular complexity index is 723. The number of carbonyl (C=O) groups excluding carboxylic acids is 2. The van der Waals surface area contributed by atoms with Gasteiger partial charge in [0, 0.05) is 6.54 Å². The summed E-state index contributed by atoms with van der Waals surface area (Å²) in [7, 11) is 2.84. The van der Waals surface area contributed by atoms with Crippen LogP contribution in [0.4, 0.5) is 4.39 Å². The van der Waals surface area contributed by atoms with Crippen molar-refractivity contribution in [3.63, 3.8) is 0 Å². The zero-order valence-corrected chi connectivity index (χ0v) is 13.9. The second-order valence-electron chi connectivity index (χ2n) is 5.02. The van der Waals surface area contributed by atoms with Crippen LogP contribution in [0.3, 0.4) is 0 Å². The third-order valence-corrected chi connectivity index (χ3v) is 3.37. The number of halogens is 1. The second kappa shape index (κ2) is 8.68. The van der Waals surface area contributed by atoms with Crippen molar-refractivity contribution < 1.29 is 28.2 Å². The van der Waals surface area contributed by atoms with Crippen LogP contribution in [-0.4, -0.2) is 32.7 Å². The van der Waals surface area contributed by atoms with Gasteiger partial charge in [0.15, 0.2) is 6.61 Å². The lowest BCUT2D eigenvalue weighted by atomic mass is 10.2. The van der Waals surface area contributed by atoms with Crippen molar-refractivity contribution in [1.29, 1.82) is 0 Å². The summed E-state index contributed by atoms with van der Waals surface area (Å²) in [6.45, 7) is -0.254. The maximum absolute atomic E-state index is 12.8. The molecule has 0 radical (unpaired) electrons. The molecule has 0 unspecified atom stereocenters. The molecule has 0 atom stereocenters. The van der Waals surface area contributed by atoms with Crippen LogP contribution in [0, 0.1) is 5.82 Å². The van der Waals surface area contributed by atoms with Crippen LogP contribution < -0.4 is 14.8 Å². The van der Waals surface area contributed by atoms with Gasteiger partial charge in [0.05, 0.1) is 14.2 Å². The zero-order chi connectivity index (χ0) is 18.2. The van der Waals surface area contributed by atoms with Gasteiger partial charge in [-0.1, -0.05) is 18.2 Å². The van der Waals surface area contributed by atoms with Gasteiger partial charge in [-0.2, -0.15) is 0 Å². The number of benzene rings is 2. The molecule has 2 aromatic carbocycles. The van der Waals surface area contributed by atoms with Gasteiger partial charge in [-0.15, -0.1) is 0 Å². The van der Waals surface area contributed by atoms with E-state index < -0.39 is 18.5 Å². The van der Waals surface area contributed by atoms with Crippen LogP contribution in [0.15, 0.2) is 42.5 Å². The highest BCUT2D eigenvalue weighted by Gasteiger charge is 2.20. The molecule has 0 aliphatic heterocycles. The molecular formula is C18H18FNO5. The monoisotopic (exact) mass is 347 g/mol. The minimum Gasteiger partial charge on any atom is -0.496 e. The number of esters is 1. The van der Waals surface area contributed by atoms with Crippen molar-refractivity contribution in [3.05, 3.63) is 59.4 Å². The van der Waals surface area contributed by atoms with Gasteiger partial charge in [0.1, 0.15) is 22.9 Å². The molecule has 0 aromatic heterocycles. The SMILES string of the molecule is COc1cccc(OC)c1C(=O)OCC(=O)NCc1ccc(F)cc1. The Hall–Kier alpha value is -3.09. The molecule has 0 aliphatic rings. The van der Waals surface area contributed by atoms with Crippen LogP contribution in [0.1, 0.15) is 15.9 Å². The van der Waals surface area contributed by atoms with E-state index in [-0.39, 0.29) is 29.4 Å². The molecular weight excluding hydrogens is 329 g/mol. The van der Waals surface area contributed by atoms with Crippen molar-refractivity contribution in [1.82, 2.24) is 5.32 Å². The average molecular weight is 347 g/mol. The number of hydrogen-bond donors (Lipinski definition) is 1. The smallest absolute Gasteiger partial charge is 0.346 e. The van der Waals surface area contributed by atoms with Crippen molar-refractivity contribution in [2.75, 3.05) is 20.8 Å². The van der Waals surface area contributed by atoms with E-state index in [1.165, 1.54) is 26.4 Å². The minimum atomic E-state index is -0.730. The van der Waals surface area contributed by atoms with Gasteiger partial charge in [-0.25, -0.2) is 9.18 Å². The fourth-order valence-electron chi connectivity index (χ4n) is 2.11. The highest BCUT2D eigenvalue weighted by atomic mass is 19.1. The van der Waals surface area contributed by atoms with Crippen LogP contribution in [-0.2, 0) is 16.1 Å². The van der Waals surface area contributed by atoms with E-state index in [0.717, 1.165) is 5.56 Å². The molecule has 25 heavy (non-hydrogen) atoms. The highest BCUT2D eigenvalue weighted by molar-refractivity contribution is 5.96. The van der Waals surface area contributed by atoms with E-state index in [1.54, 1.807) is 30.3 Å². The van der Waals surface area contributed by atoms with Crippen LogP contribution in [0.5, 0.6) is 11.5 Å². The molecule has 2 rings (SSSR count). The molecule has 0 fully saturated rings. The first-order valence-corrected chi connectivity index (χ1v) is 7.44. The van der Waals surface area contributed by atoms with Gasteiger partial charge < -0.3 is 19.5 Å². The number of carbonyl (C=O) groups is 2. The Labute approximate surface area is 144 Å². The number of methoxy groups -OCH3 is 2. The fourth-order valence-corrected chi connectivity index (χ4v) is 2.11. The van der Waals surface area contributed by atoms with Crippen molar-refractivity contribution in [3.8, 4) is 11.5 Å². The summed E-state index contributed by atoms with van der Waals surface area (Å²) in [5.74, 6) is -0.986. The van der Waals surface area contributed by atoms with E-state index >= 15 is 0 Å². The van der Waals surface area contributed by atoms with Crippen molar-refractivity contribution in [2.45, 2.75) is 6.54 Å². The molecule has 0 aliphatic carbocycles. The van der Waals surface area contributed by atoms with Crippen molar-refractivity contribution in [2.24, 2.45) is 0 Å². The Morgan fingerprint density at radius 1 is 1.00 bits per heavy atom. The third-order valence-electron chi connectivity index (χ3n) is 3.37. The topological polar surface area (TPSA) is 73.9 Å². The second-order valence-corrected chi connectivity index (χ2v) is 5.02. The molecule has 0 spiro atoms. The van der Waals surface area contributed by atoms with Gasteiger partial charge in [0.2, 0.25) is 0 Å². The van der Waals surface area contributed by atoms with Crippen molar-refractivity contribution >= 4 is 11.9 Å². The minimum absolute atomic E-state index is 0.110. The quantitative estimate of drug-likeness (QED) is 0.778. The predicted octanol–water partition coefficient (Wildman–Crippen LogP) is 2.32. The molecule has 1 N–H and O–H groups in total. The first-order valence-electron chi connectivity index (χ1n) is 7.44. The van der Waals surface area contributed by atoms with Gasteiger partial charge in [0.25, 0.3) is 5.91 Å². The summed E-state index contributed by atoms with van der Waals surface area (Å²) >= 11 is 0. The average Bonchev–Trinajstić information content (AvgIpc) is 2.64. The molecule has 0 heterocycles. The summed E-state index contributed by atoms with van der Waals surface area (Å²) in [5, 5.41) is 2.58. The number of amides is 1. The highest BCUT2D eigenvalue weighted by Crippen LogP contribution is 2.28. The van der Waals surface area contributed by atoms with Gasteiger partial charge >= 0.3 is 5.97 Å². The molecule has 0 saturated heterocycles. The zero-order valence-electron chi connectivity index (χ0n) is 13.9. The fraction of sp³-hybridized carbons (Fsp3) is 0.222. The van der Waals surface area contributed by atoms with E-state index in [0.29, 0.717) is 0 Å². The summed E-state index contributed by atoms with van der Waals surface area (Å²) in [4.78, 5) is 24.0. The molecule has 132 valence electrons. The molecule has 1 amide bonds. The maximum Gasteiger partial charge on any atom is 0.346 e. The van der Waals surface area contributed by atoms with E-state index in [4.69, 9.17) is 14.2 Å². The van der Waals surface area contributed by atoms with Crippen LogP contribution >= 0.6 is 0 Å². The standard InChI is InChI=1S/C18H18FNO5/c1-23-14-4-3-5-15(24-2)17(14)18(22)25-11-16(21)20-10-12-6-8-13(19)9-7-12/h3-9H,10-11H2,1-2H3,(H,20,21). The Morgan fingerprint density at radius 2 is 1.60 bits per heavy atom. The Kier molecular flexibility index (Phi) is 6.33. The Morgan fingerprint density at radius 3 is 2.16 bits per heavy atom. The van der Waals surface area contributed by atoms with E-state index in [2.05, 4.69) is 5.32 Å². The predicted molar refractivity (Wildman–Crippen MR) is 88.1 cm³/mol. The number of ether oxygens (including phenoxy) is 3. The first kappa shape index (κ1) is 18.3. The number of nitrogens with one attached hydrogen (secondary N) is 1. The number of hydrogen-bond acceptors (Lipinski definition) is 5. The first-order chi connectivity index (χ1) is 12.0. The molecule has 2 aromatic rings. The largest absolute Gasteiger partial charge is 0.496 e. The Balaban J connectivity index is 1.91. The lowest BCUT2D eigenvalue weighted by Crippen LogP contribution is -2.28. The van der Waals surface area contributed by atoms with Crippen LogP contribution in [0.25, 0.3) is 0 Å².